The molecule has 2 amide bonds. The molecule has 0 aromatic carbocycles. The van der Waals surface area contributed by atoms with E-state index >= 15 is 0 Å². The zero-order valence-corrected chi connectivity index (χ0v) is 13.2. The molecule has 0 spiro atoms. The number of nitrogens with zero attached hydrogens (tertiary/aromatic N) is 2. The zero-order valence-electron chi connectivity index (χ0n) is 13.2. The van der Waals surface area contributed by atoms with Gasteiger partial charge in [-0.05, 0) is 31.0 Å². The molecular weight excluding hydrogens is 286 g/mol. The minimum Gasteiger partial charge on any atom is -0.354 e. The van der Waals surface area contributed by atoms with E-state index in [9.17, 15) is 9.59 Å². The number of carbonyl (C=O) groups is 2. The molecule has 7 nitrogen and oxygen atoms in total. The van der Waals surface area contributed by atoms with E-state index in [0.717, 1.165) is 5.56 Å². The molecule has 0 saturated heterocycles. The predicted molar refractivity (Wildman–Crippen MR) is 81.0 cm³/mol. The molecule has 0 atom stereocenters. The van der Waals surface area contributed by atoms with Crippen molar-refractivity contribution < 1.29 is 19.1 Å². The van der Waals surface area contributed by atoms with Gasteiger partial charge in [0.25, 0.3) is 0 Å². The molecule has 0 saturated carbocycles. The van der Waals surface area contributed by atoms with Crippen molar-refractivity contribution in [2.24, 2.45) is 0 Å². The normalized spacial score (nSPS) is 10.5. The highest BCUT2D eigenvalue weighted by molar-refractivity contribution is 6.35. The Hall–Kier alpha value is -1.99. The molecule has 1 rings (SSSR count). The summed E-state index contributed by atoms with van der Waals surface area (Å²) in [6, 6.07) is 3.78. The van der Waals surface area contributed by atoms with E-state index in [1.807, 2.05) is 19.1 Å². The maximum Gasteiger partial charge on any atom is 0.311 e. The summed E-state index contributed by atoms with van der Waals surface area (Å²) in [5, 5.41) is 2.51. The first kappa shape index (κ1) is 18.1. The van der Waals surface area contributed by atoms with Crippen LogP contribution in [0, 0.1) is 0 Å². The first-order chi connectivity index (χ1) is 10.6. The zero-order chi connectivity index (χ0) is 16.4. The summed E-state index contributed by atoms with van der Waals surface area (Å²) in [5.74, 6) is -1.21. The van der Waals surface area contributed by atoms with Gasteiger partial charge in [0.15, 0.2) is 6.29 Å². The minimum absolute atomic E-state index is 0.124. The molecule has 0 radical (unpaired) electrons. The summed E-state index contributed by atoms with van der Waals surface area (Å²) < 4.78 is 9.91. The average Bonchev–Trinajstić information content (AvgIpc) is 2.56. The summed E-state index contributed by atoms with van der Waals surface area (Å²) in [6.45, 7) is 2.91. The molecule has 0 aliphatic rings. The minimum atomic E-state index is -0.657. The largest absolute Gasteiger partial charge is 0.354 e. The van der Waals surface area contributed by atoms with E-state index in [-0.39, 0.29) is 6.54 Å². The van der Waals surface area contributed by atoms with Gasteiger partial charge in [-0.15, -0.1) is 0 Å². The number of hydrogen-bond acceptors (Lipinski definition) is 5. The van der Waals surface area contributed by atoms with E-state index in [1.54, 1.807) is 12.4 Å². The fourth-order valence-electron chi connectivity index (χ4n) is 1.87. The first-order valence-electron chi connectivity index (χ1n) is 7.14. The highest BCUT2D eigenvalue weighted by atomic mass is 16.7. The summed E-state index contributed by atoms with van der Waals surface area (Å²) in [6.07, 6.45) is 3.52. The van der Waals surface area contributed by atoms with Crippen molar-refractivity contribution >= 4 is 11.8 Å². The van der Waals surface area contributed by atoms with Crippen LogP contribution in [0.2, 0.25) is 0 Å². The number of nitrogens with one attached hydrogen (secondary N) is 1. The molecule has 1 aromatic rings. The van der Waals surface area contributed by atoms with Gasteiger partial charge < -0.3 is 19.7 Å². The molecule has 1 aromatic heterocycles. The maximum absolute atomic E-state index is 12.1. The van der Waals surface area contributed by atoms with Crippen LogP contribution in [0.4, 0.5) is 0 Å². The summed E-state index contributed by atoms with van der Waals surface area (Å²) in [5.41, 5.74) is 1.07. The molecule has 0 aliphatic heterocycles. The molecule has 1 heterocycles. The number of methoxy groups -OCH3 is 2. The lowest BCUT2D eigenvalue weighted by Crippen LogP contribution is -2.46. The third-order valence-corrected chi connectivity index (χ3v) is 3.24. The number of rotatable bonds is 8. The average molecular weight is 309 g/mol. The third kappa shape index (κ3) is 5.79. The Morgan fingerprint density at radius 1 is 1.27 bits per heavy atom. The van der Waals surface area contributed by atoms with E-state index in [1.165, 1.54) is 19.1 Å². The lowest BCUT2D eigenvalue weighted by Gasteiger charge is -2.21. The molecule has 22 heavy (non-hydrogen) atoms. The van der Waals surface area contributed by atoms with Crippen LogP contribution < -0.4 is 5.32 Å². The monoisotopic (exact) mass is 309 g/mol. The number of aromatic nitrogens is 1. The van der Waals surface area contributed by atoms with Crippen molar-refractivity contribution in [2.75, 3.05) is 33.9 Å². The topological polar surface area (TPSA) is 80.8 Å². The van der Waals surface area contributed by atoms with E-state index < -0.39 is 18.1 Å². The Balaban J connectivity index is 2.47. The Morgan fingerprint density at radius 3 is 2.45 bits per heavy atom. The molecule has 7 heteroatoms. The third-order valence-electron chi connectivity index (χ3n) is 3.24. The molecule has 0 unspecified atom stereocenters. The summed E-state index contributed by atoms with van der Waals surface area (Å²) in [7, 11) is 2.93. The number of likely N-dealkylation sites (N-methyl/N-ethyl adjacent to an activating group) is 1. The molecule has 0 bridgehead atoms. The molecular formula is C15H23N3O4. The van der Waals surface area contributed by atoms with Gasteiger partial charge >= 0.3 is 11.8 Å². The van der Waals surface area contributed by atoms with Gasteiger partial charge in [0.1, 0.15) is 0 Å². The standard InChI is InChI=1S/C15H23N3O4/c1-4-18(10-7-12-5-8-16-9-6-12)15(20)14(19)17-11-13(21-2)22-3/h5-6,8-9,13H,4,7,10-11H2,1-3H3,(H,17,19). The highest BCUT2D eigenvalue weighted by Gasteiger charge is 2.21. The van der Waals surface area contributed by atoms with Crippen molar-refractivity contribution in [3.8, 4) is 0 Å². The van der Waals surface area contributed by atoms with Gasteiger partial charge in [-0.1, -0.05) is 0 Å². The lowest BCUT2D eigenvalue weighted by molar-refractivity contribution is -0.147. The highest BCUT2D eigenvalue weighted by Crippen LogP contribution is 2.01. The van der Waals surface area contributed by atoms with Crippen LogP contribution in [0.25, 0.3) is 0 Å². The number of hydrogen-bond donors (Lipinski definition) is 1. The summed E-state index contributed by atoms with van der Waals surface area (Å²) in [4.78, 5) is 29.4. The predicted octanol–water partition coefficient (Wildman–Crippen LogP) is 0.208. The SMILES string of the molecule is CCN(CCc1ccncc1)C(=O)C(=O)NCC(OC)OC. The Labute approximate surface area is 130 Å². The van der Waals surface area contributed by atoms with Crippen LogP contribution in [0.3, 0.4) is 0 Å². The Kier molecular flexibility index (Phi) is 8.09. The van der Waals surface area contributed by atoms with Crippen LogP contribution in [0.15, 0.2) is 24.5 Å². The number of carbonyl (C=O) groups excluding carboxylic acids is 2. The molecule has 0 aliphatic carbocycles. The van der Waals surface area contributed by atoms with Crippen molar-refractivity contribution in [1.82, 2.24) is 15.2 Å². The van der Waals surface area contributed by atoms with Crippen LogP contribution >= 0.6 is 0 Å². The van der Waals surface area contributed by atoms with Gasteiger partial charge in [-0.2, -0.15) is 0 Å². The Morgan fingerprint density at radius 2 is 1.91 bits per heavy atom. The van der Waals surface area contributed by atoms with E-state index in [4.69, 9.17) is 9.47 Å². The van der Waals surface area contributed by atoms with Crippen LogP contribution in [-0.4, -0.2) is 61.8 Å². The number of pyridine rings is 1. The van der Waals surface area contributed by atoms with Crippen molar-refractivity contribution in [2.45, 2.75) is 19.6 Å². The fourth-order valence-corrected chi connectivity index (χ4v) is 1.87. The van der Waals surface area contributed by atoms with Crippen molar-refractivity contribution in [3.63, 3.8) is 0 Å². The van der Waals surface area contributed by atoms with E-state index in [2.05, 4.69) is 10.3 Å². The number of ether oxygens (including phenoxy) is 2. The number of amides is 2. The lowest BCUT2D eigenvalue weighted by atomic mass is 10.2. The fraction of sp³-hybridized carbons (Fsp3) is 0.533. The molecule has 1 N–H and O–H groups in total. The smallest absolute Gasteiger partial charge is 0.311 e. The van der Waals surface area contributed by atoms with Gasteiger partial charge in [0.2, 0.25) is 0 Å². The van der Waals surface area contributed by atoms with Crippen molar-refractivity contribution in [3.05, 3.63) is 30.1 Å². The van der Waals surface area contributed by atoms with Crippen LogP contribution in [0.5, 0.6) is 0 Å². The van der Waals surface area contributed by atoms with E-state index in [0.29, 0.717) is 19.5 Å². The summed E-state index contributed by atoms with van der Waals surface area (Å²) >= 11 is 0. The van der Waals surface area contributed by atoms with Gasteiger partial charge in [-0.25, -0.2) is 0 Å². The van der Waals surface area contributed by atoms with Gasteiger partial charge in [-0.3, -0.25) is 14.6 Å². The quantitative estimate of drug-likeness (QED) is 0.548. The van der Waals surface area contributed by atoms with Crippen molar-refractivity contribution in [1.29, 1.82) is 0 Å². The van der Waals surface area contributed by atoms with Gasteiger partial charge in [0.05, 0.1) is 6.54 Å². The molecule has 0 fully saturated rings. The second kappa shape index (κ2) is 9.86. The maximum atomic E-state index is 12.1. The Bertz CT molecular complexity index is 463. The first-order valence-corrected chi connectivity index (χ1v) is 7.14. The van der Waals surface area contributed by atoms with Crippen LogP contribution in [-0.2, 0) is 25.5 Å². The second-order valence-electron chi connectivity index (χ2n) is 4.60. The second-order valence-corrected chi connectivity index (χ2v) is 4.60. The van der Waals surface area contributed by atoms with Crippen LogP contribution in [0.1, 0.15) is 12.5 Å². The molecule has 122 valence electrons. The van der Waals surface area contributed by atoms with Gasteiger partial charge in [0, 0.05) is 39.7 Å².